The molecule has 0 atom stereocenters. The van der Waals surface area contributed by atoms with E-state index in [2.05, 4.69) is 14.0 Å². The van der Waals surface area contributed by atoms with E-state index in [1.54, 1.807) is 0 Å². The second-order valence-electron chi connectivity index (χ2n) is 5.19. The van der Waals surface area contributed by atoms with Gasteiger partial charge < -0.3 is 10.2 Å². The molecule has 1 aliphatic heterocycles. The minimum atomic E-state index is 0.258. The van der Waals surface area contributed by atoms with Gasteiger partial charge in [-0.05, 0) is 36.5 Å². The maximum absolute atomic E-state index is 12.1. The van der Waals surface area contributed by atoms with Crippen molar-refractivity contribution in [1.29, 1.82) is 0 Å². The van der Waals surface area contributed by atoms with E-state index in [1.807, 2.05) is 34.5 Å². The third-order valence-electron chi connectivity index (χ3n) is 3.71. The van der Waals surface area contributed by atoms with Gasteiger partial charge in [0, 0.05) is 13.1 Å². The first-order valence-electron chi connectivity index (χ1n) is 6.68. The molecule has 98 valence electrons. The van der Waals surface area contributed by atoms with Crippen LogP contribution in [0.5, 0.6) is 0 Å². The number of nitrogens with zero attached hydrogens (tertiary/aromatic N) is 1. The summed E-state index contributed by atoms with van der Waals surface area (Å²) in [6, 6.07) is 8.05. The minimum Gasteiger partial charge on any atom is -0.446 e. The van der Waals surface area contributed by atoms with Crippen molar-refractivity contribution in [2.24, 2.45) is 5.92 Å². The molecule has 0 bridgehead atoms. The lowest BCUT2D eigenvalue weighted by atomic mass is 9.98. The van der Waals surface area contributed by atoms with Gasteiger partial charge in [0.15, 0.2) is 0 Å². The number of carbonyl (C=O) groups excluding carboxylic acids is 1. The summed E-state index contributed by atoms with van der Waals surface area (Å²) < 4.78 is 0. The first-order valence-corrected chi connectivity index (χ1v) is 6.68. The van der Waals surface area contributed by atoms with Gasteiger partial charge in [-0.25, -0.2) is 0 Å². The lowest BCUT2D eigenvalue weighted by Gasteiger charge is -2.30. The van der Waals surface area contributed by atoms with Crippen LogP contribution in [0.1, 0.15) is 25.3 Å². The van der Waals surface area contributed by atoms with Crippen LogP contribution in [0.2, 0.25) is 0 Å². The predicted octanol–water partition coefficient (Wildman–Crippen LogP) is 1.47. The molecule has 1 saturated heterocycles. The van der Waals surface area contributed by atoms with Crippen molar-refractivity contribution in [2.75, 3.05) is 13.1 Å². The molecule has 0 radical (unpaired) electrons. The average Bonchev–Trinajstić information content (AvgIpc) is 2.40. The van der Waals surface area contributed by atoms with E-state index >= 15 is 0 Å². The maximum atomic E-state index is 12.1. The number of nitrogens with two attached hydrogens (primary N) is 1. The summed E-state index contributed by atoms with van der Waals surface area (Å²) in [6.07, 6.45) is 2.80. The molecule has 0 unspecified atom stereocenters. The standard InChI is InChI=1S/C15H22N2O/c1-12-7-9-17(10-8-12)15(18)11-13-3-5-14(16-2)6-4-13/h3-6,12H,2,7-11,16H2,1H3. The van der Waals surface area contributed by atoms with Crippen LogP contribution in [0.15, 0.2) is 24.3 Å². The minimum absolute atomic E-state index is 0.258. The highest BCUT2D eigenvalue weighted by atomic mass is 16.2. The SMILES string of the molecule is [CH2-][NH2+]c1ccc(CC(=O)N2CCC(C)CC2)cc1. The van der Waals surface area contributed by atoms with Crippen molar-refractivity contribution < 1.29 is 10.1 Å². The highest BCUT2D eigenvalue weighted by molar-refractivity contribution is 5.78. The zero-order chi connectivity index (χ0) is 13.0. The Morgan fingerprint density at radius 2 is 1.94 bits per heavy atom. The lowest BCUT2D eigenvalue weighted by Crippen LogP contribution is -2.69. The third-order valence-corrected chi connectivity index (χ3v) is 3.71. The fourth-order valence-electron chi connectivity index (χ4n) is 2.32. The molecule has 0 aliphatic carbocycles. The Kier molecular flexibility index (Phi) is 4.37. The monoisotopic (exact) mass is 246 g/mol. The Labute approximate surface area is 109 Å². The molecule has 1 heterocycles. The Morgan fingerprint density at radius 3 is 2.50 bits per heavy atom. The molecule has 2 N–H and O–H groups in total. The Balaban J connectivity index is 1.90. The van der Waals surface area contributed by atoms with Crippen LogP contribution >= 0.6 is 0 Å². The molecule has 1 fully saturated rings. The van der Waals surface area contributed by atoms with E-state index in [4.69, 9.17) is 0 Å². The zero-order valence-electron chi connectivity index (χ0n) is 11.1. The van der Waals surface area contributed by atoms with Gasteiger partial charge in [0.1, 0.15) is 5.69 Å². The summed E-state index contributed by atoms with van der Waals surface area (Å²) in [5.74, 6) is 1.02. The van der Waals surface area contributed by atoms with E-state index in [0.29, 0.717) is 6.42 Å². The predicted molar refractivity (Wildman–Crippen MR) is 72.1 cm³/mol. The summed E-state index contributed by atoms with van der Waals surface area (Å²) in [5, 5.41) is 1.82. The largest absolute Gasteiger partial charge is 0.446 e. The first-order chi connectivity index (χ1) is 8.69. The highest BCUT2D eigenvalue weighted by Gasteiger charge is 2.20. The Bertz CT molecular complexity index is 391. The lowest BCUT2D eigenvalue weighted by molar-refractivity contribution is -0.504. The Morgan fingerprint density at radius 1 is 1.33 bits per heavy atom. The van der Waals surface area contributed by atoms with Gasteiger partial charge in [0.25, 0.3) is 0 Å². The average molecular weight is 246 g/mol. The van der Waals surface area contributed by atoms with Gasteiger partial charge in [0.05, 0.1) is 6.42 Å². The molecule has 18 heavy (non-hydrogen) atoms. The summed E-state index contributed by atoms with van der Waals surface area (Å²) in [4.78, 5) is 14.1. The first kappa shape index (κ1) is 13.1. The number of rotatable bonds is 3. The van der Waals surface area contributed by atoms with E-state index in [9.17, 15) is 4.79 Å². The number of amides is 1. The number of likely N-dealkylation sites (tertiary alicyclic amines) is 1. The number of hydrogen-bond donors (Lipinski definition) is 1. The number of quaternary nitrogens is 1. The van der Waals surface area contributed by atoms with E-state index < -0.39 is 0 Å². The molecule has 1 aromatic rings. The molecular weight excluding hydrogens is 224 g/mol. The van der Waals surface area contributed by atoms with E-state index in [0.717, 1.165) is 43.1 Å². The molecule has 1 aromatic carbocycles. The maximum Gasteiger partial charge on any atom is 0.226 e. The highest BCUT2D eigenvalue weighted by Crippen LogP contribution is 2.17. The van der Waals surface area contributed by atoms with Gasteiger partial charge in [-0.15, -0.1) is 7.05 Å². The smallest absolute Gasteiger partial charge is 0.226 e. The fraction of sp³-hybridized carbons (Fsp3) is 0.467. The number of carbonyl (C=O) groups is 1. The van der Waals surface area contributed by atoms with Gasteiger partial charge in [-0.1, -0.05) is 19.1 Å². The van der Waals surface area contributed by atoms with Crippen molar-refractivity contribution in [3.8, 4) is 0 Å². The van der Waals surface area contributed by atoms with Gasteiger partial charge >= 0.3 is 0 Å². The summed E-state index contributed by atoms with van der Waals surface area (Å²) in [5.41, 5.74) is 2.18. The molecule has 1 aliphatic rings. The molecule has 0 aromatic heterocycles. The number of hydrogen-bond acceptors (Lipinski definition) is 1. The van der Waals surface area contributed by atoms with E-state index in [1.165, 1.54) is 0 Å². The third kappa shape index (κ3) is 3.33. The zero-order valence-corrected chi connectivity index (χ0v) is 11.1. The second kappa shape index (κ2) is 6.01. The summed E-state index contributed by atoms with van der Waals surface area (Å²) in [6.45, 7) is 4.10. The van der Waals surface area contributed by atoms with E-state index in [-0.39, 0.29) is 5.91 Å². The molecule has 2 rings (SSSR count). The van der Waals surface area contributed by atoms with Crippen LogP contribution in [0.4, 0.5) is 5.69 Å². The van der Waals surface area contributed by atoms with Crippen molar-refractivity contribution in [3.05, 3.63) is 36.9 Å². The molecule has 1 amide bonds. The molecule has 0 spiro atoms. The van der Waals surface area contributed by atoms with Crippen molar-refractivity contribution in [2.45, 2.75) is 26.2 Å². The quantitative estimate of drug-likeness (QED) is 0.636. The van der Waals surface area contributed by atoms with Gasteiger partial charge in [-0.2, -0.15) is 0 Å². The molecular formula is C15H22N2O. The van der Waals surface area contributed by atoms with Crippen LogP contribution in [0.25, 0.3) is 0 Å². The normalized spacial score (nSPS) is 16.9. The second-order valence-corrected chi connectivity index (χ2v) is 5.19. The fourth-order valence-corrected chi connectivity index (χ4v) is 2.32. The van der Waals surface area contributed by atoms with Crippen LogP contribution in [-0.4, -0.2) is 23.9 Å². The van der Waals surface area contributed by atoms with Crippen LogP contribution in [-0.2, 0) is 11.2 Å². The molecule has 3 nitrogen and oxygen atoms in total. The summed E-state index contributed by atoms with van der Waals surface area (Å²) in [7, 11) is 3.73. The van der Waals surface area contributed by atoms with Crippen LogP contribution in [0.3, 0.4) is 0 Å². The van der Waals surface area contributed by atoms with Gasteiger partial charge in [-0.3, -0.25) is 4.79 Å². The number of piperidine rings is 1. The van der Waals surface area contributed by atoms with Crippen molar-refractivity contribution >= 4 is 11.6 Å². The Hall–Kier alpha value is -1.35. The molecule has 3 heteroatoms. The summed E-state index contributed by atoms with van der Waals surface area (Å²) >= 11 is 0. The van der Waals surface area contributed by atoms with Crippen molar-refractivity contribution in [3.63, 3.8) is 0 Å². The number of benzene rings is 1. The molecule has 0 saturated carbocycles. The van der Waals surface area contributed by atoms with Gasteiger partial charge in [0.2, 0.25) is 5.91 Å². The topological polar surface area (TPSA) is 36.9 Å². The van der Waals surface area contributed by atoms with Crippen molar-refractivity contribution in [1.82, 2.24) is 4.90 Å². The van der Waals surface area contributed by atoms with Crippen LogP contribution in [0, 0.1) is 13.0 Å². The van der Waals surface area contributed by atoms with Crippen LogP contribution < -0.4 is 5.32 Å².